The molecule has 0 aliphatic heterocycles. The van der Waals surface area contributed by atoms with Gasteiger partial charge in [-0.1, -0.05) is 66.2 Å². The average molecular weight is 255 g/mol. The lowest BCUT2D eigenvalue weighted by Gasteiger charge is -2.24. The predicted molar refractivity (Wildman–Crippen MR) is 84.1 cm³/mol. The van der Waals surface area contributed by atoms with Gasteiger partial charge < -0.3 is 5.32 Å². The van der Waals surface area contributed by atoms with E-state index in [1.807, 2.05) is 0 Å². The first kappa shape index (κ1) is 18.0. The van der Waals surface area contributed by atoms with Crippen molar-refractivity contribution in [2.45, 2.75) is 104 Å². The second kappa shape index (κ2) is 12.0. The summed E-state index contributed by atoms with van der Waals surface area (Å²) >= 11 is 0. The maximum absolute atomic E-state index is 3.87. The molecule has 1 atom stereocenters. The van der Waals surface area contributed by atoms with E-state index >= 15 is 0 Å². The molecule has 0 heterocycles. The third kappa shape index (κ3) is 11.1. The van der Waals surface area contributed by atoms with Gasteiger partial charge in [0.15, 0.2) is 0 Å². The van der Waals surface area contributed by atoms with Crippen LogP contribution >= 0.6 is 0 Å². The highest BCUT2D eigenvalue weighted by Crippen LogP contribution is 2.13. The molecule has 0 aromatic carbocycles. The number of hydrogen-bond acceptors (Lipinski definition) is 1. The molecule has 1 nitrogen and oxygen atoms in total. The molecule has 0 fully saturated rings. The number of rotatable bonds is 12. The second-order valence-corrected chi connectivity index (χ2v) is 6.39. The molecule has 0 bridgehead atoms. The normalized spacial score (nSPS) is 13.5. The van der Waals surface area contributed by atoms with E-state index < -0.39 is 0 Å². The maximum Gasteiger partial charge on any atom is 0.00695 e. The molecule has 0 aliphatic rings. The fourth-order valence-electron chi connectivity index (χ4n) is 2.77. The van der Waals surface area contributed by atoms with E-state index in [2.05, 4.69) is 39.9 Å². The predicted octanol–water partition coefficient (Wildman–Crippen LogP) is 5.54. The Balaban J connectivity index is 3.93. The quantitative estimate of drug-likeness (QED) is 0.451. The molecular formula is C17H37N. The van der Waals surface area contributed by atoms with Gasteiger partial charge in [0.2, 0.25) is 0 Å². The fourth-order valence-corrected chi connectivity index (χ4v) is 2.77. The smallest absolute Gasteiger partial charge is 0.00695 e. The van der Waals surface area contributed by atoms with Crippen molar-refractivity contribution in [2.24, 2.45) is 5.92 Å². The van der Waals surface area contributed by atoms with E-state index in [0.29, 0.717) is 6.04 Å². The minimum Gasteiger partial charge on any atom is -0.311 e. The van der Waals surface area contributed by atoms with Crippen LogP contribution in [0, 0.1) is 5.92 Å². The van der Waals surface area contributed by atoms with Crippen LogP contribution < -0.4 is 5.32 Å². The Morgan fingerprint density at radius 3 is 1.67 bits per heavy atom. The van der Waals surface area contributed by atoms with E-state index in [9.17, 15) is 0 Å². The molecule has 1 N–H and O–H groups in total. The van der Waals surface area contributed by atoms with Crippen LogP contribution in [0.4, 0.5) is 0 Å². The lowest BCUT2D eigenvalue weighted by molar-refractivity contribution is 0.348. The lowest BCUT2D eigenvalue weighted by Crippen LogP contribution is -2.37. The SMILES string of the molecule is CCCCCC(CCCCC)NC(C)CC(C)C. The molecular weight excluding hydrogens is 218 g/mol. The zero-order valence-electron chi connectivity index (χ0n) is 13.6. The van der Waals surface area contributed by atoms with E-state index in [-0.39, 0.29) is 0 Å². The first-order chi connectivity index (χ1) is 8.60. The van der Waals surface area contributed by atoms with Gasteiger partial charge in [-0.05, 0) is 32.1 Å². The molecule has 0 aromatic heterocycles. The summed E-state index contributed by atoms with van der Waals surface area (Å²) < 4.78 is 0. The summed E-state index contributed by atoms with van der Waals surface area (Å²) in [5.74, 6) is 0.805. The molecule has 0 aliphatic carbocycles. The van der Waals surface area contributed by atoms with Gasteiger partial charge in [0.05, 0.1) is 0 Å². The molecule has 0 saturated heterocycles. The topological polar surface area (TPSA) is 12.0 Å². The van der Waals surface area contributed by atoms with Crippen molar-refractivity contribution < 1.29 is 0 Å². The van der Waals surface area contributed by atoms with Crippen LogP contribution in [0.2, 0.25) is 0 Å². The summed E-state index contributed by atoms with van der Waals surface area (Å²) in [4.78, 5) is 0. The van der Waals surface area contributed by atoms with E-state index in [0.717, 1.165) is 12.0 Å². The molecule has 110 valence electrons. The van der Waals surface area contributed by atoms with Crippen LogP contribution in [-0.4, -0.2) is 12.1 Å². The van der Waals surface area contributed by atoms with Gasteiger partial charge in [0, 0.05) is 12.1 Å². The van der Waals surface area contributed by atoms with Crippen molar-refractivity contribution in [3.63, 3.8) is 0 Å². The molecule has 0 aromatic rings. The lowest BCUT2D eigenvalue weighted by atomic mass is 9.99. The van der Waals surface area contributed by atoms with Crippen LogP contribution in [0.1, 0.15) is 92.4 Å². The standard InChI is InChI=1S/C17H37N/c1-6-8-10-12-17(13-11-9-7-2)18-16(5)14-15(3)4/h15-18H,6-14H2,1-5H3. The minimum atomic E-state index is 0.679. The molecule has 0 saturated carbocycles. The van der Waals surface area contributed by atoms with Crippen LogP contribution in [0.5, 0.6) is 0 Å². The van der Waals surface area contributed by atoms with Crippen molar-refractivity contribution in [3.05, 3.63) is 0 Å². The van der Waals surface area contributed by atoms with Gasteiger partial charge in [-0.3, -0.25) is 0 Å². The van der Waals surface area contributed by atoms with Crippen molar-refractivity contribution >= 4 is 0 Å². The Labute approximate surface area is 116 Å². The van der Waals surface area contributed by atoms with Gasteiger partial charge in [-0.25, -0.2) is 0 Å². The summed E-state index contributed by atoms with van der Waals surface area (Å²) in [6.45, 7) is 11.6. The van der Waals surface area contributed by atoms with Gasteiger partial charge in [0.25, 0.3) is 0 Å². The molecule has 1 heteroatoms. The minimum absolute atomic E-state index is 0.679. The molecule has 0 spiro atoms. The van der Waals surface area contributed by atoms with Crippen molar-refractivity contribution in [1.82, 2.24) is 5.32 Å². The Hall–Kier alpha value is -0.0400. The van der Waals surface area contributed by atoms with Gasteiger partial charge in [-0.2, -0.15) is 0 Å². The highest BCUT2D eigenvalue weighted by molar-refractivity contribution is 4.72. The van der Waals surface area contributed by atoms with Gasteiger partial charge in [0.1, 0.15) is 0 Å². The monoisotopic (exact) mass is 255 g/mol. The first-order valence-electron chi connectivity index (χ1n) is 8.36. The summed E-state index contributed by atoms with van der Waals surface area (Å²) in [5, 5.41) is 3.87. The van der Waals surface area contributed by atoms with E-state index in [1.54, 1.807) is 0 Å². The third-order valence-corrected chi connectivity index (χ3v) is 3.66. The molecule has 0 rings (SSSR count). The highest BCUT2D eigenvalue weighted by Gasteiger charge is 2.12. The fraction of sp³-hybridized carbons (Fsp3) is 1.00. The van der Waals surface area contributed by atoms with E-state index in [1.165, 1.54) is 57.8 Å². The number of unbranched alkanes of at least 4 members (excludes halogenated alkanes) is 4. The maximum atomic E-state index is 3.87. The third-order valence-electron chi connectivity index (χ3n) is 3.66. The van der Waals surface area contributed by atoms with Crippen LogP contribution in [-0.2, 0) is 0 Å². The summed E-state index contributed by atoms with van der Waals surface area (Å²) in [5.41, 5.74) is 0. The average Bonchev–Trinajstić information content (AvgIpc) is 2.28. The van der Waals surface area contributed by atoms with Gasteiger partial charge in [-0.15, -0.1) is 0 Å². The zero-order chi connectivity index (χ0) is 13.8. The van der Waals surface area contributed by atoms with E-state index in [4.69, 9.17) is 0 Å². The Bertz CT molecular complexity index is 155. The van der Waals surface area contributed by atoms with Crippen molar-refractivity contribution in [2.75, 3.05) is 0 Å². The Morgan fingerprint density at radius 1 is 0.778 bits per heavy atom. The molecule has 0 radical (unpaired) electrons. The zero-order valence-corrected chi connectivity index (χ0v) is 13.6. The molecule has 18 heavy (non-hydrogen) atoms. The summed E-state index contributed by atoms with van der Waals surface area (Å²) in [6.07, 6.45) is 12.3. The molecule has 0 amide bonds. The molecule has 1 unspecified atom stereocenters. The van der Waals surface area contributed by atoms with Crippen molar-refractivity contribution in [1.29, 1.82) is 0 Å². The van der Waals surface area contributed by atoms with Crippen molar-refractivity contribution in [3.8, 4) is 0 Å². The van der Waals surface area contributed by atoms with Crippen LogP contribution in [0.25, 0.3) is 0 Å². The Kier molecular flexibility index (Phi) is 12.0. The first-order valence-corrected chi connectivity index (χ1v) is 8.36. The largest absolute Gasteiger partial charge is 0.311 e. The van der Waals surface area contributed by atoms with Crippen LogP contribution in [0.15, 0.2) is 0 Å². The van der Waals surface area contributed by atoms with Crippen LogP contribution in [0.3, 0.4) is 0 Å². The number of nitrogens with one attached hydrogen (secondary N) is 1. The summed E-state index contributed by atoms with van der Waals surface area (Å²) in [6, 6.07) is 1.44. The highest BCUT2D eigenvalue weighted by atomic mass is 14.9. The number of hydrogen-bond donors (Lipinski definition) is 1. The van der Waals surface area contributed by atoms with Gasteiger partial charge >= 0.3 is 0 Å². The second-order valence-electron chi connectivity index (χ2n) is 6.39. The Morgan fingerprint density at radius 2 is 1.28 bits per heavy atom. The summed E-state index contributed by atoms with van der Waals surface area (Å²) in [7, 11) is 0.